The molecule has 0 bridgehead atoms. The van der Waals surface area contributed by atoms with E-state index in [1.54, 1.807) is 0 Å². The molecule has 2 aromatic rings. The van der Waals surface area contributed by atoms with Crippen LogP contribution >= 0.6 is 0 Å². The van der Waals surface area contributed by atoms with Crippen molar-refractivity contribution in [3.63, 3.8) is 0 Å². The smallest absolute Gasteiger partial charge is 0.264 e. The molecule has 0 amide bonds. The zero-order valence-electron chi connectivity index (χ0n) is 10.2. The molecule has 0 aliphatic rings. The Kier molecular flexibility index (Phi) is 4.30. The lowest BCUT2D eigenvalue weighted by molar-refractivity contribution is 0.152. The minimum absolute atomic E-state index is 0.204. The Balaban J connectivity index is 1.91. The van der Waals surface area contributed by atoms with Gasteiger partial charge in [0.15, 0.2) is 12.4 Å². The summed E-state index contributed by atoms with van der Waals surface area (Å²) in [5.41, 5.74) is 0. The normalized spacial score (nSPS) is 12.3. The maximum atomic E-state index is 9.69. The second-order valence-electron chi connectivity index (χ2n) is 3.95. The maximum absolute atomic E-state index is 9.69. The van der Waals surface area contributed by atoms with Crippen molar-refractivity contribution in [1.29, 1.82) is 0 Å². The highest BCUT2D eigenvalue weighted by atomic mass is 16.5. The van der Waals surface area contributed by atoms with Gasteiger partial charge in [-0.1, -0.05) is 36.7 Å². The number of aliphatic hydroxyl groups is 1. The van der Waals surface area contributed by atoms with Crippen molar-refractivity contribution in [2.75, 3.05) is 0 Å². The molecule has 0 radical (unpaired) electrons. The molecule has 1 N–H and O–H groups in total. The summed E-state index contributed by atoms with van der Waals surface area (Å²) in [6.45, 7) is 2.19. The van der Waals surface area contributed by atoms with Gasteiger partial charge in [0.05, 0.1) is 0 Å². The Morgan fingerprint density at radius 3 is 2.83 bits per heavy atom. The molecule has 0 saturated carbocycles. The van der Waals surface area contributed by atoms with Gasteiger partial charge in [-0.05, 0) is 18.6 Å². The van der Waals surface area contributed by atoms with Gasteiger partial charge < -0.3 is 14.4 Å². The van der Waals surface area contributed by atoms with Crippen LogP contribution in [0.3, 0.4) is 0 Å². The van der Waals surface area contributed by atoms with Crippen LogP contribution in [0.25, 0.3) is 0 Å². The lowest BCUT2D eigenvalue weighted by atomic mass is 10.2. The quantitative estimate of drug-likeness (QED) is 0.850. The van der Waals surface area contributed by atoms with Crippen molar-refractivity contribution in [2.24, 2.45) is 0 Å². The van der Waals surface area contributed by atoms with Crippen LogP contribution in [-0.2, 0) is 6.61 Å². The lowest BCUT2D eigenvalue weighted by Crippen LogP contribution is -2.00. The molecule has 1 unspecified atom stereocenters. The van der Waals surface area contributed by atoms with Crippen LogP contribution in [0.5, 0.6) is 5.75 Å². The highest BCUT2D eigenvalue weighted by molar-refractivity contribution is 5.20. The molecule has 1 heterocycles. The van der Waals surface area contributed by atoms with Crippen LogP contribution in [0.2, 0.25) is 0 Å². The van der Waals surface area contributed by atoms with E-state index in [-0.39, 0.29) is 6.61 Å². The van der Waals surface area contributed by atoms with E-state index in [0.29, 0.717) is 18.1 Å². The second-order valence-corrected chi connectivity index (χ2v) is 3.95. The second kappa shape index (κ2) is 6.16. The van der Waals surface area contributed by atoms with Gasteiger partial charge in [-0.2, -0.15) is 4.98 Å². The van der Waals surface area contributed by atoms with E-state index in [1.807, 2.05) is 37.3 Å². The molecule has 2 rings (SSSR count). The van der Waals surface area contributed by atoms with Gasteiger partial charge in [0.2, 0.25) is 0 Å². The van der Waals surface area contributed by atoms with E-state index in [4.69, 9.17) is 9.26 Å². The van der Waals surface area contributed by atoms with E-state index in [0.717, 1.165) is 12.2 Å². The Bertz CT molecular complexity index is 470. The number of nitrogens with zero attached hydrogens (tertiary/aromatic N) is 2. The van der Waals surface area contributed by atoms with Crippen molar-refractivity contribution < 1.29 is 14.4 Å². The van der Waals surface area contributed by atoms with Crippen LogP contribution in [0.1, 0.15) is 37.6 Å². The van der Waals surface area contributed by atoms with E-state index in [2.05, 4.69) is 10.1 Å². The summed E-state index contributed by atoms with van der Waals surface area (Å²) in [7, 11) is 0. The Morgan fingerprint density at radius 2 is 2.11 bits per heavy atom. The first-order chi connectivity index (χ1) is 8.79. The topological polar surface area (TPSA) is 68.4 Å². The Hall–Kier alpha value is -1.88. The fraction of sp³-hybridized carbons (Fsp3) is 0.385. The molecule has 5 nitrogen and oxygen atoms in total. The van der Waals surface area contributed by atoms with Crippen LogP contribution in [-0.4, -0.2) is 15.2 Å². The predicted molar refractivity (Wildman–Crippen MR) is 64.9 cm³/mol. The number of benzene rings is 1. The van der Waals surface area contributed by atoms with Crippen LogP contribution in [0.15, 0.2) is 34.9 Å². The van der Waals surface area contributed by atoms with Crippen LogP contribution < -0.4 is 4.74 Å². The first-order valence-corrected chi connectivity index (χ1v) is 5.98. The number of aliphatic hydroxyl groups excluding tert-OH is 1. The zero-order chi connectivity index (χ0) is 12.8. The van der Waals surface area contributed by atoms with Crippen molar-refractivity contribution in [3.05, 3.63) is 42.0 Å². The first kappa shape index (κ1) is 12.6. The summed E-state index contributed by atoms with van der Waals surface area (Å²) in [5.74, 6) is 1.43. The van der Waals surface area contributed by atoms with Crippen molar-refractivity contribution >= 4 is 0 Å². The van der Waals surface area contributed by atoms with Crippen molar-refractivity contribution in [2.45, 2.75) is 32.5 Å². The third-order valence-corrected chi connectivity index (χ3v) is 2.45. The van der Waals surface area contributed by atoms with E-state index in [1.165, 1.54) is 0 Å². The number of rotatable bonds is 6. The minimum Gasteiger partial charge on any atom is -0.484 e. The molecule has 1 aromatic carbocycles. The molecule has 0 spiro atoms. The van der Waals surface area contributed by atoms with Gasteiger partial charge in [-0.25, -0.2) is 0 Å². The van der Waals surface area contributed by atoms with Gasteiger partial charge in [0.1, 0.15) is 11.9 Å². The SMILES string of the molecule is CCCC(O)c1noc(COc2ccccc2)n1. The Morgan fingerprint density at radius 1 is 1.33 bits per heavy atom. The zero-order valence-corrected chi connectivity index (χ0v) is 10.2. The molecule has 96 valence electrons. The third kappa shape index (κ3) is 3.30. The van der Waals surface area contributed by atoms with Crippen LogP contribution in [0.4, 0.5) is 0 Å². The molecule has 0 aliphatic heterocycles. The van der Waals surface area contributed by atoms with Gasteiger partial charge >= 0.3 is 0 Å². The summed E-state index contributed by atoms with van der Waals surface area (Å²) >= 11 is 0. The molecule has 0 saturated heterocycles. The average molecular weight is 248 g/mol. The number of para-hydroxylation sites is 1. The standard InChI is InChI=1S/C13H16N2O3/c1-2-6-11(16)13-14-12(18-15-13)9-17-10-7-4-3-5-8-10/h3-5,7-8,11,16H,2,6,9H2,1H3. The predicted octanol–water partition coefficient (Wildman–Crippen LogP) is 2.48. The maximum Gasteiger partial charge on any atom is 0.264 e. The molecule has 1 atom stereocenters. The number of hydrogen-bond donors (Lipinski definition) is 1. The molecular weight excluding hydrogens is 232 g/mol. The summed E-state index contributed by atoms with van der Waals surface area (Å²) < 4.78 is 10.5. The molecule has 1 aromatic heterocycles. The minimum atomic E-state index is -0.663. The summed E-state index contributed by atoms with van der Waals surface area (Å²) in [5, 5.41) is 13.4. The first-order valence-electron chi connectivity index (χ1n) is 5.98. The monoisotopic (exact) mass is 248 g/mol. The average Bonchev–Trinajstić information content (AvgIpc) is 2.87. The highest BCUT2D eigenvalue weighted by Crippen LogP contribution is 2.16. The van der Waals surface area contributed by atoms with Crippen molar-refractivity contribution in [1.82, 2.24) is 10.1 Å². The van der Waals surface area contributed by atoms with E-state index in [9.17, 15) is 5.11 Å². The van der Waals surface area contributed by atoms with Gasteiger partial charge in [-0.3, -0.25) is 0 Å². The Labute approximate surface area is 105 Å². The number of ether oxygens (including phenoxy) is 1. The highest BCUT2D eigenvalue weighted by Gasteiger charge is 2.14. The van der Waals surface area contributed by atoms with Gasteiger partial charge in [-0.15, -0.1) is 0 Å². The molecule has 5 heteroatoms. The van der Waals surface area contributed by atoms with E-state index < -0.39 is 6.10 Å². The van der Waals surface area contributed by atoms with E-state index >= 15 is 0 Å². The number of hydrogen-bond acceptors (Lipinski definition) is 5. The summed E-state index contributed by atoms with van der Waals surface area (Å²) in [4.78, 5) is 4.09. The number of aromatic nitrogens is 2. The fourth-order valence-corrected chi connectivity index (χ4v) is 1.53. The molecular formula is C13H16N2O3. The lowest BCUT2D eigenvalue weighted by Gasteiger charge is -2.02. The van der Waals surface area contributed by atoms with Crippen LogP contribution in [0, 0.1) is 0 Å². The fourth-order valence-electron chi connectivity index (χ4n) is 1.53. The summed E-state index contributed by atoms with van der Waals surface area (Å²) in [6.07, 6.45) is 0.827. The van der Waals surface area contributed by atoms with Crippen molar-refractivity contribution in [3.8, 4) is 5.75 Å². The molecule has 0 aliphatic carbocycles. The van der Waals surface area contributed by atoms with Gasteiger partial charge in [0, 0.05) is 0 Å². The largest absolute Gasteiger partial charge is 0.484 e. The van der Waals surface area contributed by atoms with Gasteiger partial charge in [0.25, 0.3) is 5.89 Å². The molecule has 18 heavy (non-hydrogen) atoms. The molecule has 0 fully saturated rings. The third-order valence-electron chi connectivity index (χ3n) is 2.45. The summed E-state index contributed by atoms with van der Waals surface area (Å²) in [6, 6.07) is 9.39.